The van der Waals surface area contributed by atoms with Crippen LogP contribution < -0.4 is 11.1 Å². The van der Waals surface area contributed by atoms with Crippen LogP contribution in [0.5, 0.6) is 0 Å². The zero-order valence-electron chi connectivity index (χ0n) is 13.2. The zero-order valence-corrected chi connectivity index (χ0v) is 13.2. The highest BCUT2D eigenvalue weighted by Crippen LogP contribution is 2.31. The van der Waals surface area contributed by atoms with Gasteiger partial charge in [-0.3, -0.25) is 4.79 Å². The minimum atomic E-state index is 0.120. The summed E-state index contributed by atoms with van der Waals surface area (Å²) >= 11 is 0. The van der Waals surface area contributed by atoms with Crippen molar-refractivity contribution in [1.29, 1.82) is 0 Å². The fourth-order valence-electron chi connectivity index (χ4n) is 3.76. The molecule has 4 nitrogen and oxygen atoms in total. The Balaban J connectivity index is 1.59. The number of fused-ring (bicyclic) bond motifs is 1. The lowest BCUT2D eigenvalue weighted by Gasteiger charge is -2.17. The maximum atomic E-state index is 12.3. The number of H-pyrrole nitrogens is 1. The molecule has 1 amide bonds. The minimum Gasteiger partial charge on any atom is -0.361 e. The molecule has 1 fully saturated rings. The molecule has 118 valence electrons. The Bertz CT molecular complexity index is 661. The van der Waals surface area contributed by atoms with Crippen molar-refractivity contribution in [3.05, 3.63) is 35.5 Å². The van der Waals surface area contributed by atoms with E-state index in [0.29, 0.717) is 19.0 Å². The lowest BCUT2D eigenvalue weighted by atomic mass is 9.95. The van der Waals surface area contributed by atoms with Crippen LogP contribution in [-0.2, 0) is 11.2 Å². The topological polar surface area (TPSA) is 70.9 Å². The zero-order chi connectivity index (χ0) is 15.5. The monoisotopic (exact) mass is 299 g/mol. The average Bonchev–Trinajstić information content (AvgIpc) is 3.14. The van der Waals surface area contributed by atoms with E-state index >= 15 is 0 Å². The summed E-state index contributed by atoms with van der Waals surface area (Å²) < 4.78 is 0. The van der Waals surface area contributed by atoms with Gasteiger partial charge in [0.1, 0.15) is 0 Å². The summed E-state index contributed by atoms with van der Waals surface area (Å²) in [4.78, 5) is 15.6. The van der Waals surface area contributed by atoms with Gasteiger partial charge in [-0.25, -0.2) is 0 Å². The summed E-state index contributed by atoms with van der Waals surface area (Å²) in [6, 6.07) is 6.28. The Morgan fingerprint density at radius 3 is 3.09 bits per heavy atom. The number of benzene rings is 1. The first-order valence-electron chi connectivity index (χ1n) is 8.24. The van der Waals surface area contributed by atoms with Crippen molar-refractivity contribution in [3.8, 4) is 0 Å². The maximum Gasteiger partial charge on any atom is 0.223 e. The molecule has 2 aromatic rings. The number of nitrogens with one attached hydrogen (secondary N) is 2. The fraction of sp³-hybridized carbons (Fsp3) is 0.500. The van der Waals surface area contributed by atoms with Gasteiger partial charge in [-0.1, -0.05) is 18.6 Å². The highest BCUT2D eigenvalue weighted by atomic mass is 16.1. The summed E-state index contributed by atoms with van der Waals surface area (Å²) in [6.07, 6.45) is 6.12. The molecule has 1 saturated carbocycles. The van der Waals surface area contributed by atoms with Gasteiger partial charge in [0.25, 0.3) is 0 Å². The molecule has 1 heterocycles. The molecule has 4 N–H and O–H groups in total. The van der Waals surface area contributed by atoms with Crippen LogP contribution in [-0.4, -0.2) is 24.0 Å². The molecule has 1 aliphatic carbocycles. The Morgan fingerprint density at radius 2 is 2.27 bits per heavy atom. The quantitative estimate of drug-likeness (QED) is 0.794. The number of aromatic amines is 1. The van der Waals surface area contributed by atoms with Crippen LogP contribution in [0.2, 0.25) is 0 Å². The SMILES string of the molecule is Cc1cccc2[nH]cc(CCNC(=O)[C@@H]3CCC[C@@H]3CN)c12. The predicted octanol–water partition coefficient (Wildman–Crippen LogP) is 2.51. The van der Waals surface area contributed by atoms with Crippen LogP contribution >= 0.6 is 0 Å². The van der Waals surface area contributed by atoms with E-state index in [0.717, 1.165) is 25.7 Å². The number of nitrogens with two attached hydrogens (primary N) is 1. The molecule has 0 unspecified atom stereocenters. The van der Waals surface area contributed by atoms with Gasteiger partial charge in [-0.05, 0) is 55.8 Å². The Labute approximate surface area is 131 Å². The molecule has 0 radical (unpaired) electrons. The predicted molar refractivity (Wildman–Crippen MR) is 89.6 cm³/mol. The van der Waals surface area contributed by atoms with Crippen molar-refractivity contribution in [1.82, 2.24) is 10.3 Å². The van der Waals surface area contributed by atoms with E-state index in [-0.39, 0.29) is 11.8 Å². The number of amides is 1. The first-order chi connectivity index (χ1) is 10.7. The van der Waals surface area contributed by atoms with Gasteiger partial charge >= 0.3 is 0 Å². The van der Waals surface area contributed by atoms with Crippen LogP contribution in [0.25, 0.3) is 10.9 Å². The van der Waals surface area contributed by atoms with E-state index in [4.69, 9.17) is 5.73 Å². The van der Waals surface area contributed by atoms with Gasteiger partial charge in [-0.2, -0.15) is 0 Å². The summed E-state index contributed by atoms with van der Waals surface area (Å²) in [5.41, 5.74) is 9.48. The highest BCUT2D eigenvalue weighted by molar-refractivity contribution is 5.86. The third-order valence-electron chi connectivity index (χ3n) is 4.99. The first kappa shape index (κ1) is 15.1. The third-order valence-corrected chi connectivity index (χ3v) is 4.99. The van der Waals surface area contributed by atoms with E-state index < -0.39 is 0 Å². The van der Waals surface area contributed by atoms with E-state index in [2.05, 4.69) is 41.6 Å². The molecule has 0 saturated heterocycles. The third kappa shape index (κ3) is 2.88. The lowest BCUT2D eigenvalue weighted by molar-refractivity contribution is -0.125. The highest BCUT2D eigenvalue weighted by Gasteiger charge is 2.31. The number of aryl methyl sites for hydroxylation is 1. The minimum absolute atomic E-state index is 0.120. The standard InChI is InChI=1S/C18H25N3O/c1-12-4-2-7-16-17(12)14(11-21-16)8-9-20-18(22)15-6-3-5-13(15)10-19/h2,4,7,11,13,15,21H,3,5-6,8-10,19H2,1H3,(H,20,22)/t13-,15-/m1/s1. The summed E-state index contributed by atoms with van der Waals surface area (Å²) in [7, 11) is 0. The van der Waals surface area contributed by atoms with Crippen molar-refractivity contribution >= 4 is 16.8 Å². The first-order valence-corrected chi connectivity index (χ1v) is 8.24. The molecule has 4 heteroatoms. The second-order valence-electron chi connectivity index (χ2n) is 6.39. The molecule has 0 spiro atoms. The molecule has 1 aromatic heterocycles. The Morgan fingerprint density at radius 1 is 1.41 bits per heavy atom. The van der Waals surface area contributed by atoms with Crippen molar-refractivity contribution in [3.63, 3.8) is 0 Å². The van der Waals surface area contributed by atoms with Crippen LogP contribution in [0.1, 0.15) is 30.4 Å². The second kappa shape index (κ2) is 6.53. The van der Waals surface area contributed by atoms with Gasteiger partial charge in [0, 0.05) is 29.6 Å². The van der Waals surface area contributed by atoms with Crippen LogP contribution in [0.4, 0.5) is 0 Å². The molecule has 3 rings (SSSR count). The number of hydrogen-bond acceptors (Lipinski definition) is 2. The number of carbonyl (C=O) groups is 1. The molecule has 2 atom stereocenters. The number of hydrogen-bond donors (Lipinski definition) is 3. The maximum absolute atomic E-state index is 12.3. The molecule has 22 heavy (non-hydrogen) atoms. The largest absolute Gasteiger partial charge is 0.361 e. The Kier molecular flexibility index (Phi) is 4.48. The molecular weight excluding hydrogens is 274 g/mol. The summed E-state index contributed by atoms with van der Waals surface area (Å²) in [5.74, 6) is 0.676. The van der Waals surface area contributed by atoms with Crippen molar-refractivity contribution in [2.24, 2.45) is 17.6 Å². The Hall–Kier alpha value is -1.81. The fourth-order valence-corrected chi connectivity index (χ4v) is 3.76. The van der Waals surface area contributed by atoms with Gasteiger partial charge in [0.05, 0.1) is 0 Å². The molecule has 0 aliphatic heterocycles. The lowest BCUT2D eigenvalue weighted by Crippen LogP contribution is -2.36. The van der Waals surface area contributed by atoms with Crippen LogP contribution in [0.3, 0.4) is 0 Å². The normalized spacial score (nSPS) is 21.4. The number of rotatable bonds is 5. The van der Waals surface area contributed by atoms with Gasteiger partial charge in [0.2, 0.25) is 5.91 Å². The smallest absolute Gasteiger partial charge is 0.223 e. The molecular formula is C18H25N3O. The van der Waals surface area contributed by atoms with Crippen molar-refractivity contribution < 1.29 is 4.79 Å². The van der Waals surface area contributed by atoms with Crippen molar-refractivity contribution in [2.45, 2.75) is 32.6 Å². The average molecular weight is 299 g/mol. The number of aromatic nitrogens is 1. The van der Waals surface area contributed by atoms with E-state index in [1.165, 1.54) is 22.0 Å². The van der Waals surface area contributed by atoms with Crippen molar-refractivity contribution in [2.75, 3.05) is 13.1 Å². The molecule has 1 aliphatic rings. The molecule has 1 aromatic carbocycles. The van der Waals surface area contributed by atoms with Crippen LogP contribution in [0.15, 0.2) is 24.4 Å². The van der Waals surface area contributed by atoms with Gasteiger partial charge in [0.15, 0.2) is 0 Å². The molecule has 0 bridgehead atoms. The second-order valence-corrected chi connectivity index (χ2v) is 6.39. The van der Waals surface area contributed by atoms with E-state index in [9.17, 15) is 4.79 Å². The van der Waals surface area contributed by atoms with Gasteiger partial charge < -0.3 is 16.0 Å². The van der Waals surface area contributed by atoms with E-state index in [1.54, 1.807) is 0 Å². The van der Waals surface area contributed by atoms with E-state index in [1.807, 2.05) is 0 Å². The van der Waals surface area contributed by atoms with Gasteiger partial charge in [-0.15, -0.1) is 0 Å². The number of carbonyl (C=O) groups excluding carboxylic acids is 1. The summed E-state index contributed by atoms with van der Waals surface area (Å²) in [6.45, 7) is 3.44. The van der Waals surface area contributed by atoms with Crippen LogP contribution in [0, 0.1) is 18.8 Å². The summed E-state index contributed by atoms with van der Waals surface area (Å²) in [5, 5.41) is 4.39.